The van der Waals surface area contributed by atoms with Crippen molar-refractivity contribution in [3.05, 3.63) is 18.0 Å². The van der Waals surface area contributed by atoms with Crippen molar-refractivity contribution in [3.63, 3.8) is 0 Å². The molecule has 0 amide bonds. The number of thioether (sulfide) groups is 1. The van der Waals surface area contributed by atoms with E-state index >= 15 is 0 Å². The summed E-state index contributed by atoms with van der Waals surface area (Å²) in [6.45, 7) is 2.00. The van der Waals surface area contributed by atoms with Gasteiger partial charge in [0.15, 0.2) is 14.3 Å². The van der Waals surface area contributed by atoms with Crippen molar-refractivity contribution < 1.29 is 13.2 Å². The fraction of sp³-hybridized carbons (Fsp3) is 0.300. The first-order valence-electron chi connectivity index (χ1n) is 5.91. The molecule has 12 heteroatoms. The summed E-state index contributed by atoms with van der Waals surface area (Å²) < 4.78 is 40.5. The van der Waals surface area contributed by atoms with Gasteiger partial charge in [-0.3, -0.25) is 0 Å². The lowest BCUT2D eigenvalue weighted by Crippen LogP contribution is -2.12. The maximum atomic E-state index is 12.8. The Bertz CT molecular complexity index is 799. The molecule has 0 aliphatic carbocycles. The van der Waals surface area contributed by atoms with Gasteiger partial charge in [-0.1, -0.05) is 30.0 Å². The molecule has 0 unspecified atom stereocenters. The minimum absolute atomic E-state index is 0.0381. The molecule has 0 fully saturated rings. The zero-order valence-corrected chi connectivity index (χ0v) is 13.4. The first-order chi connectivity index (χ1) is 10.5. The predicted octanol–water partition coefficient (Wildman–Crippen LogP) is 3.26. The van der Waals surface area contributed by atoms with Crippen molar-refractivity contribution in [2.24, 2.45) is 0 Å². The molecule has 116 valence electrons. The Balaban J connectivity index is 1.90. The molecule has 0 aromatic carbocycles. The summed E-state index contributed by atoms with van der Waals surface area (Å²) in [5, 5.41) is 18.8. The summed E-state index contributed by atoms with van der Waals surface area (Å²) in [6.07, 6.45) is -4.61. The van der Waals surface area contributed by atoms with Gasteiger partial charge in [-0.2, -0.15) is 22.8 Å². The van der Waals surface area contributed by atoms with E-state index in [1.54, 1.807) is 17.8 Å². The normalized spacial score (nSPS) is 12.2. The summed E-state index contributed by atoms with van der Waals surface area (Å²) in [5.41, 5.74) is 0.0381. The number of rotatable bonds is 4. The second-order valence-electron chi connectivity index (χ2n) is 3.83. The molecular weight excluding hydrogens is 357 g/mol. The van der Waals surface area contributed by atoms with Crippen LogP contribution in [-0.2, 0) is 6.18 Å². The third kappa shape index (κ3) is 3.17. The van der Waals surface area contributed by atoms with Crippen LogP contribution in [0.4, 0.5) is 13.2 Å². The lowest BCUT2D eigenvalue weighted by atomic mass is 10.5. The van der Waals surface area contributed by atoms with E-state index in [4.69, 9.17) is 0 Å². The Hall–Kier alpha value is -1.40. The van der Waals surface area contributed by atoms with E-state index in [1.165, 1.54) is 17.4 Å². The molecule has 0 saturated heterocycles. The Kier molecular flexibility index (Phi) is 4.23. The van der Waals surface area contributed by atoms with Gasteiger partial charge in [0.05, 0.1) is 0 Å². The molecule has 3 aromatic rings. The number of aromatic nitrogens is 6. The number of alkyl halides is 3. The molecule has 0 atom stereocenters. The molecule has 0 spiro atoms. The van der Waals surface area contributed by atoms with Gasteiger partial charge in [0.2, 0.25) is 0 Å². The largest absolute Gasteiger partial charge is 0.453 e. The smallest absolute Gasteiger partial charge is 0.188 e. The van der Waals surface area contributed by atoms with Crippen molar-refractivity contribution in [2.75, 3.05) is 5.75 Å². The Morgan fingerprint density at radius 2 is 1.91 bits per heavy atom. The van der Waals surface area contributed by atoms with E-state index in [1.807, 2.05) is 6.92 Å². The van der Waals surface area contributed by atoms with Gasteiger partial charge in [0.1, 0.15) is 5.03 Å². The van der Waals surface area contributed by atoms with Crippen molar-refractivity contribution in [3.8, 4) is 0 Å². The van der Waals surface area contributed by atoms with Crippen LogP contribution in [0.5, 0.6) is 0 Å². The van der Waals surface area contributed by atoms with E-state index in [0.29, 0.717) is 13.9 Å². The highest BCUT2D eigenvalue weighted by molar-refractivity contribution is 8.03. The molecule has 0 bridgehead atoms. The third-order valence-electron chi connectivity index (χ3n) is 2.34. The Labute approximate surface area is 134 Å². The summed E-state index contributed by atoms with van der Waals surface area (Å²) in [7, 11) is 0. The zero-order valence-electron chi connectivity index (χ0n) is 10.9. The lowest BCUT2D eigenvalue weighted by Gasteiger charge is -2.03. The fourth-order valence-electron chi connectivity index (χ4n) is 1.51. The first kappa shape index (κ1) is 15.5. The molecule has 0 aliphatic rings. The Morgan fingerprint density at radius 3 is 2.64 bits per heavy atom. The third-order valence-corrected chi connectivity index (χ3v) is 5.26. The van der Waals surface area contributed by atoms with Crippen LogP contribution in [0.2, 0.25) is 0 Å². The van der Waals surface area contributed by atoms with Crippen LogP contribution in [0, 0.1) is 0 Å². The van der Waals surface area contributed by atoms with Crippen LogP contribution in [0.15, 0.2) is 25.8 Å². The van der Waals surface area contributed by atoms with E-state index in [9.17, 15) is 13.2 Å². The average molecular weight is 364 g/mol. The standard InChI is InChI=1S/C10H7F3N6S3/c1-2-20-8-16-17-9(22-8)21-6-4-3-5-14-15-7(10(11,12)13)19(5)18-6/h3-4H,2H2,1H3. The number of hydrogen-bond donors (Lipinski definition) is 0. The maximum Gasteiger partial charge on any atom is 0.453 e. The van der Waals surface area contributed by atoms with Gasteiger partial charge in [-0.05, 0) is 29.6 Å². The van der Waals surface area contributed by atoms with Crippen LogP contribution >= 0.6 is 34.9 Å². The van der Waals surface area contributed by atoms with E-state index in [2.05, 4.69) is 25.5 Å². The number of fused-ring (bicyclic) bond motifs is 1. The van der Waals surface area contributed by atoms with Crippen molar-refractivity contribution in [1.82, 2.24) is 30.0 Å². The van der Waals surface area contributed by atoms with Gasteiger partial charge in [0.25, 0.3) is 5.82 Å². The number of halogens is 3. The minimum Gasteiger partial charge on any atom is -0.188 e. The molecule has 3 rings (SSSR count). The number of nitrogens with zero attached hydrogens (tertiary/aromatic N) is 6. The highest BCUT2D eigenvalue weighted by atomic mass is 32.2. The van der Waals surface area contributed by atoms with Gasteiger partial charge in [0, 0.05) is 0 Å². The highest BCUT2D eigenvalue weighted by Crippen LogP contribution is 2.33. The van der Waals surface area contributed by atoms with Crippen LogP contribution in [0.3, 0.4) is 0 Å². The van der Waals surface area contributed by atoms with Crippen LogP contribution in [0.25, 0.3) is 5.65 Å². The average Bonchev–Trinajstić information content (AvgIpc) is 3.05. The monoisotopic (exact) mass is 364 g/mol. The molecule has 6 nitrogen and oxygen atoms in total. The molecule has 3 heterocycles. The van der Waals surface area contributed by atoms with Gasteiger partial charge >= 0.3 is 6.18 Å². The molecule has 0 N–H and O–H groups in total. The molecule has 0 radical (unpaired) electrons. The summed E-state index contributed by atoms with van der Waals surface area (Å²) in [6, 6.07) is 3.00. The van der Waals surface area contributed by atoms with Gasteiger partial charge in [-0.25, -0.2) is 0 Å². The molecule has 0 aliphatic heterocycles. The number of hydrogen-bond acceptors (Lipinski definition) is 8. The van der Waals surface area contributed by atoms with Crippen LogP contribution in [-0.4, -0.2) is 35.8 Å². The van der Waals surface area contributed by atoms with E-state index in [-0.39, 0.29) is 5.65 Å². The first-order valence-corrected chi connectivity index (χ1v) is 8.53. The molecular formula is C10H7F3N6S3. The minimum atomic E-state index is -4.61. The lowest BCUT2D eigenvalue weighted by molar-refractivity contribution is -0.146. The second-order valence-corrected chi connectivity index (χ2v) is 7.59. The van der Waals surface area contributed by atoms with Crippen LogP contribution < -0.4 is 0 Å². The topological polar surface area (TPSA) is 68.9 Å². The highest BCUT2D eigenvalue weighted by Gasteiger charge is 2.37. The van der Waals surface area contributed by atoms with Crippen molar-refractivity contribution in [1.29, 1.82) is 0 Å². The summed E-state index contributed by atoms with van der Waals surface area (Å²) in [5.74, 6) is -0.275. The Morgan fingerprint density at radius 1 is 1.14 bits per heavy atom. The molecule has 22 heavy (non-hydrogen) atoms. The van der Waals surface area contributed by atoms with Gasteiger partial charge < -0.3 is 0 Å². The zero-order chi connectivity index (χ0) is 15.7. The van der Waals surface area contributed by atoms with Crippen LogP contribution in [0.1, 0.15) is 12.7 Å². The fourth-order valence-corrected chi connectivity index (χ4v) is 4.33. The van der Waals surface area contributed by atoms with Crippen molar-refractivity contribution in [2.45, 2.75) is 26.8 Å². The van der Waals surface area contributed by atoms with Gasteiger partial charge in [-0.15, -0.1) is 20.4 Å². The van der Waals surface area contributed by atoms with E-state index in [0.717, 1.165) is 21.9 Å². The van der Waals surface area contributed by atoms with E-state index < -0.39 is 12.0 Å². The quantitative estimate of drug-likeness (QED) is 0.658. The summed E-state index contributed by atoms with van der Waals surface area (Å²) in [4.78, 5) is 0. The predicted molar refractivity (Wildman–Crippen MR) is 76.2 cm³/mol. The summed E-state index contributed by atoms with van der Waals surface area (Å²) >= 11 is 4.07. The SMILES string of the molecule is CCSc1nnc(Sc2ccc3nnc(C(F)(F)F)n3n2)s1. The molecule has 0 saturated carbocycles. The second kappa shape index (κ2) is 6.01. The van der Waals surface area contributed by atoms with Crippen molar-refractivity contribution >= 4 is 40.5 Å². The maximum absolute atomic E-state index is 12.8. The molecule has 3 aromatic heterocycles.